The molecule has 2 amide bonds. The zero-order chi connectivity index (χ0) is 20.0. The molecule has 1 rings (SSSR count). The van der Waals surface area contributed by atoms with Crippen LogP contribution < -0.4 is 10.6 Å². The highest BCUT2D eigenvalue weighted by molar-refractivity contribution is 5.94. The van der Waals surface area contributed by atoms with E-state index < -0.39 is 23.8 Å². The average molecular weight is 366 g/mol. The molecule has 26 heavy (non-hydrogen) atoms. The number of rotatable bonds is 7. The lowest BCUT2D eigenvalue weighted by atomic mass is 9.62. The summed E-state index contributed by atoms with van der Waals surface area (Å²) in [7, 11) is 0. The molecule has 0 radical (unpaired) electrons. The molecule has 0 spiro atoms. The number of amides is 2. The Balaban J connectivity index is 2.72. The van der Waals surface area contributed by atoms with Crippen LogP contribution in [0.25, 0.3) is 0 Å². The summed E-state index contributed by atoms with van der Waals surface area (Å²) in [4.78, 5) is 44.5. The molecule has 0 bridgehead atoms. The van der Waals surface area contributed by atoms with Crippen LogP contribution in [0.3, 0.4) is 0 Å². The van der Waals surface area contributed by atoms with Gasteiger partial charge in [-0.3, -0.25) is 9.59 Å². The minimum absolute atomic E-state index is 0.0803. The molecule has 1 saturated carbocycles. The van der Waals surface area contributed by atoms with Gasteiger partial charge in [0.2, 0.25) is 11.8 Å². The van der Waals surface area contributed by atoms with Crippen LogP contribution in [0.4, 0.5) is 0 Å². The van der Waals surface area contributed by atoms with E-state index in [1.807, 2.05) is 6.92 Å². The Labute approximate surface area is 152 Å². The largest absolute Gasteiger partial charge is 0.478 e. The number of hydrogen-bond donors (Lipinski definition) is 4. The Morgan fingerprint density at radius 2 is 1.46 bits per heavy atom. The predicted octanol–water partition coefficient (Wildman–Crippen LogP) is 1.09. The van der Waals surface area contributed by atoms with Crippen LogP contribution >= 0.6 is 0 Å². The van der Waals surface area contributed by atoms with E-state index in [1.54, 1.807) is 0 Å². The lowest BCUT2D eigenvalue weighted by Crippen LogP contribution is -2.50. The summed E-state index contributed by atoms with van der Waals surface area (Å²) in [6, 6.07) is -0.152. The SMILES string of the molecule is CC1(C)CC(NC(=O)/C=C\C(=O)O)CC(C)(CNC(=O)/C=C\C(=O)O)C1. The van der Waals surface area contributed by atoms with Crippen molar-refractivity contribution < 1.29 is 29.4 Å². The van der Waals surface area contributed by atoms with Crippen LogP contribution in [-0.2, 0) is 19.2 Å². The fourth-order valence-corrected chi connectivity index (χ4v) is 3.77. The molecular weight excluding hydrogens is 340 g/mol. The Morgan fingerprint density at radius 1 is 0.923 bits per heavy atom. The third kappa shape index (κ3) is 7.96. The smallest absolute Gasteiger partial charge is 0.328 e. The fourth-order valence-electron chi connectivity index (χ4n) is 3.77. The highest BCUT2D eigenvalue weighted by Gasteiger charge is 2.41. The van der Waals surface area contributed by atoms with Crippen LogP contribution in [0.5, 0.6) is 0 Å². The van der Waals surface area contributed by atoms with Crippen molar-refractivity contribution in [2.24, 2.45) is 10.8 Å². The summed E-state index contributed by atoms with van der Waals surface area (Å²) in [5, 5.41) is 22.7. The lowest BCUT2D eigenvalue weighted by Gasteiger charge is -2.46. The van der Waals surface area contributed by atoms with E-state index in [0.717, 1.165) is 37.1 Å². The van der Waals surface area contributed by atoms with E-state index in [9.17, 15) is 19.2 Å². The number of carboxylic acids is 2. The van der Waals surface area contributed by atoms with E-state index in [0.29, 0.717) is 13.0 Å². The number of nitrogens with one attached hydrogen (secondary N) is 2. The average Bonchev–Trinajstić information content (AvgIpc) is 2.47. The number of carbonyl (C=O) groups excluding carboxylic acids is 2. The van der Waals surface area contributed by atoms with Gasteiger partial charge >= 0.3 is 11.9 Å². The topological polar surface area (TPSA) is 133 Å². The molecule has 2 atom stereocenters. The molecule has 2 unspecified atom stereocenters. The van der Waals surface area contributed by atoms with Crippen molar-refractivity contribution in [3.8, 4) is 0 Å². The Morgan fingerprint density at radius 3 is 2.00 bits per heavy atom. The maximum Gasteiger partial charge on any atom is 0.328 e. The Hall–Kier alpha value is -2.64. The van der Waals surface area contributed by atoms with Crippen LogP contribution in [0.1, 0.15) is 40.0 Å². The van der Waals surface area contributed by atoms with Crippen LogP contribution in [0.2, 0.25) is 0 Å². The highest BCUT2D eigenvalue weighted by Crippen LogP contribution is 2.45. The molecule has 8 heteroatoms. The van der Waals surface area contributed by atoms with Crippen LogP contribution in [-0.4, -0.2) is 46.6 Å². The fraction of sp³-hybridized carbons (Fsp3) is 0.556. The van der Waals surface area contributed by atoms with Gasteiger partial charge in [-0.1, -0.05) is 20.8 Å². The number of carboxylic acid groups (broad SMARTS) is 2. The Kier molecular flexibility index (Phi) is 7.11. The van der Waals surface area contributed by atoms with E-state index in [2.05, 4.69) is 24.5 Å². The van der Waals surface area contributed by atoms with Gasteiger partial charge < -0.3 is 20.8 Å². The number of aliphatic carboxylic acids is 2. The summed E-state index contributed by atoms with van der Waals surface area (Å²) in [6.45, 7) is 6.49. The van der Waals surface area contributed by atoms with E-state index in [1.165, 1.54) is 0 Å². The van der Waals surface area contributed by atoms with Gasteiger partial charge in [-0.2, -0.15) is 0 Å². The Bertz CT molecular complexity index is 638. The first-order valence-electron chi connectivity index (χ1n) is 8.31. The number of hydrogen-bond acceptors (Lipinski definition) is 4. The van der Waals surface area contributed by atoms with Gasteiger partial charge in [-0.25, -0.2) is 9.59 Å². The summed E-state index contributed by atoms with van der Waals surface area (Å²) in [5.41, 5.74) is -0.369. The molecule has 0 heterocycles. The quantitative estimate of drug-likeness (QED) is 0.499. The van der Waals surface area contributed by atoms with E-state index in [-0.39, 0.29) is 16.9 Å². The van der Waals surface area contributed by atoms with Crippen molar-refractivity contribution in [3.63, 3.8) is 0 Å². The van der Waals surface area contributed by atoms with Crippen molar-refractivity contribution in [2.75, 3.05) is 6.54 Å². The lowest BCUT2D eigenvalue weighted by molar-refractivity contribution is -0.132. The first-order valence-corrected chi connectivity index (χ1v) is 8.31. The van der Waals surface area contributed by atoms with Crippen molar-refractivity contribution in [2.45, 2.75) is 46.1 Å². The minimum Gasteiger partial charge on any atom is -0.478 e. The third-order valence-electron chi connectivity index (χ3n) is 4.23. The zero-order valence-electron chi connectivity index (χ0n) is 15.2. The predicted molar refractivity (Wildman–Crippen MR) is 94.2 cm³/mol. The van der Waals surface area contributed by atoms with Gasteiger partial charge in [0.05, 0.1) is 0 Å². The minimum atomic E-state index is -1.19. The first-order chi connectivity index (χ1) is 11.9. The van der Waals surface area contributed by atoms with Gasteiger partial charge in [-0.15, -0.1) is 0 Å². The molecule has 1 aliphatic carbocycles. The van der Waals surface area contributed by atoms with Gasteiger partial charge in [0.1, 0.15) is 0 Å². The molecule has 1 fully saturated rings. The van der Waals surface area contributed by atoms with Crippen molar-refractivity contribution in [1.82, 2.24) is 10.6 Å². The van der Waals surface area contributed by atoms with Crippen LogP contribution in [0, 0.1) is 10.8 Å². The molecule has 1 aliphatic rings. The second kappa shape index (κ2) is 8.64. The normalized spacial score (nSPS) is 25.1. The molecule has 0 saturated heterocycles. The third-order valence-corrected chi connectivity index (χ3v) is 4.23. The molecule has 0 aromatic heterocycles. The molecule has 4 N–H and O–H groups in total. The molecule has 0 aromatic carbocycles. The zero-order valence-corrected chi connectivity index (χ0v) is 15.2. The van der Waals surface area contributed by atoms with Gasteiger partial charge in [0, 0.05) is 36.9 Å². The standard InChI is InChI=1S/C18H26N2O6/c1-17(2)8-12(20-14(22)5-7-16(25)26)9-18(3,10-17)11-19-13(21)4-6-15(23)24/h4-7,12H,8-11H2,1-3H3,(H,19,21)(H,20,22)(H,23,24)(H,25,26)/b6-4-,7-5-. The summed E-state index contributed by atoms with van der Waals surface area (Å²) in [6.07, 6.45) is 5.70. The number of carbonyl (C=O) groups is 4. The molecule has 8 nitrogen and oxygen atoms in total. The van der Waals surface area contributed by atoms with Gasteiger partial charge in [0.25, 0.3) is 0 Å². The summed E-state index contributed by atoms with van der Waals surface area (Å²) in [5.74, 6) is -3.33. The maximum absolute atomic E-state index is 11.9. The van der Waals surface area contributed by atoms with Crippen molar-refractivity contribution in [1.29, 1.82) is 0 Å². The van der Waals surface area contributed by atoms with Gasteiger partial charge in [-0.05, 0) is 30.1 Å². The molecule has 144 valence electrons. The second-order valence-corrected chi connectivity index (χ2v) is 7.83. The first kappa shape index (κ1) is 21.4. The molecule has 0 aromatic rings. The van der Waals surface area contributed by atoms with Gasteiger partial charge in [0.15, 0.2) is 0 Å². The van der Waals surface area contributed by atoms with Crippen LogP contribution in [0.15, 0.2) is 24.3 Å². The van der Waals surface area contributed by atoms with E-state index >= 15 is 0 Å². The monoisotopic (exact) mass is 366 g/mol. The summed E-state index contributed by atoms with van der Waals surface area (Å²) < 4.78 is 0. The molecular formula is C18H26N2O6. The second-order valence-electron chi connectivity index (χ2n) is 7.83. The highest BCUT2D eigenvalue weighted by atomic mass is 16.4. The summed E-state index contributed by atoms with van der Waals surface area (Å²) >= 11 is 0. The van der Waals surface area contributed by atoms with Crippen molar-refractivity contribution >= 4 is 23.8 Å². The maximum atomic E-state index is 11.9. The van der Waals surface area contributed by atoms with E-state index in [4.69, 9.17) is 10.2 Å². The molecule has 0 aliphatic heterocycles. The van der Waals surface area contributed by atoms with Crippen molar-refractivity contribution in [3.05, 3.63) is 24.3 Å².